The van der Waals surface area contributed by atoms with Crippen LogP contribution in [0.4, 0.5) is 0 Å². The van der Waals surface area contributed by atoms with Crippen LogP contribution in [-0.4, -0.2) is 55.1 Å². The standard InChI is InChI=1S/C10H21N3/c1-12-5-6-13(9-3-2-4-9)10(7-11)8-12/h9-10H,2-8,11H2,1H3. The van der Waals surface area contributed by atoms with Gasteiger partial charge in [0.05, 0.1) is 0 Å². The van der Waals surface area contributed by atoms with Crippen molar-refractivity contribution in [2.45, 2.75) is 31.3 Å². The lowest BCUT2D eigenvalue weighted by Gasteiger charge is -2.47. The van der Waals surface area contributed by atoms with E-state index < -0.39 is 0 Å². The molecule has 1 aliphatic heterocycles. The Morgan fingerprint density at radius 3 is 2.62 bits per heavy atom. The monoisotopic (exact) mass is 183 g/mol. The van der Waals surface area contributed by atoms with Crippen molar-refractivity contribution >= 4 is 0 Å². The minimum atomic E-state index is 0.615. The Balaban J connectivity index is 1.92. The molecule has 1 unspecified atom stereocenters. The lowest BCUT2D eigenvalue weighted by molar-refractivity contribution is 0.0250. The van der Waals surface area contributed by atoms with Crippen LogP contribution in [0.3, 0.4) is 0 Å². The minimum absolute atomic E-state index is 0.615. The summed E-state index contributed by atoms with van der Waals surface area (Å²) in [5, 5.41) is 0. The van der Waals surface area contributed by atoms with Crippen LogP contribution >= 0.6 is 0 Å². The summed E-state index contributed by atoms with van der Waals surface area (Å²) in [5.74, 6) is 0. The van der Waals surface area contributed by atoms with Gasteiger partial charge >= 0.3 is 0 Å². The summed E-state index contributed by atoms with van der Waals surface area (Å²) in [6.07, 6.45) is 4.23. The van der Waals surface area contributed by atoms with Crippen molar-refractivity contribution in [3.05, 3.63) is 0 Å². The molecule has 0 aromatic carbocycles. The fourth-order valence-corrected chi connectivity index (χ4v) is 2.43. The number of nitrogens with zero attached hydrogens (tertiary/aromatic N) is 2. The molecule has 1 aliphatic carbocycles. The number of likely N-dealkylation sites (N-methyl/N-ethyl adjacent to an activating group) is 1. The molecule has 1 saturated carbocycles. The summed E-state index contributed by atoms with van der Waals surface area (Å²) in [4.78, 5) is 5.04. The first-order valence-electron chi connectivity index (χ1n) is 5.45. The van der Waals surface area contributed by atoms with Crippen molar-refractivity contribution in [2.75, 3.05) is 33.2 Å². The van der Waals surface area contributed by atoms with Crippen molar-refractivity contribution < 1.29 is 0 Å². The second-order valence-electron chi connectivity index (χ2n) is 4.47. The Bertz CT molecular complexity index is 168. The molecule has 0 amide bonds. The maximum Gasteiger partial charge on any atom is 0.0349 e. The molecule has 1 atom stereocenters. The fraction of sp³-hybridized carbons (Fsp3) is 1.00. The van der Waals surface area contributed by atoms with Crippen LogP contribution in [0.15, 0.2) is 0 Å². The van der Waals surface area contributed by atoms with Gasteiger partial charge < -0.3 is 10.6 Å². The Hall–Kier alpha value is -0.120. The molecule has 2 rings (SSSR count). The van der Waals surface area contributed by atoms with Gasteiger partial charge in [-0.25, -0.2) is 0 Å². The SMILES string of the molecule is CN1CCN(C2CCC2)C(CN)C1. The van der Waals surface area contributed by atoms with Crippen molar-refractivity contribution in [2.24, 2.45) is 5.73 Å². The zero-order valence-corrected chi connectivity index (χ0v) is 8.58. The second-order valence-corrected chi connectivity index (χ2v) is 4.47. The predicted octanol–water partition coefficient (Wildman–Crippen LogP) is 0.114. The first kappa shape index (κ1) is 9.44. The van der Waals surface area contributed by atoms with Crippen LogP contribution in [0, 0.1) is 0 Å². The van der Waals surface area contributed by atoms with Crippen molar-refractivity contribution in [3.8, 4) is 0 Å². The van der Waals surface area contributed by atoms with E-state index in [1.54, 1.807) is 0 Å². The Kier molecular flexibility index (Phi) is 2.86. The van der Waals surface area contributed by atoms with Gasteiger partial charge in [0.1, 0.15) is 0 Å². The zero-order chi connectivity index (χ0) is 9.26. The van der Waals surface area contributed by atoms with E-state index in [2.05, 4.69) is 16.8 Å². The van der Waals surface area contributed by atoms with E-state index in [0.29, 0.717) is 6.04 Å². The molecule has 1 saturated heterocycles. The van der Waals surface area contributed by atoms with Crippen LogP contribution in [0.5, 0.6) is 0 Å². The smallest absolute Gasteiger partial charge is 0.0349 e. The molecular formula is C10H21N3. The van der Waals surface area contributed by atoms with Gasteiger partial charge in [-0.2, -0.15) is 0 Å². The number of hydrogen-bond donors (Lipinski definition) is 1. The van der Waals surface area contributed by atoms with Crippen molar-refractivity contribution in [1.82, 2.24) is 9.80 Å². The van der Waals surface area contributed by atoms with Gasteiger partial charge in [-0.05, 0) is 19.9 Å². The van der Waals surface area contributed by atoms with Gasteiger partial charge in [-0.15, -0.1) is 0 Å². The number of piperazine rings is 1. The van der Waals surface area contributed by atoms with E-state index in [-0.39, 0.29) is 0 Å². The van der Waals surface area contributed by atoms with Crippen molar-refractivity contribution in [3.63, 3.8) is 0 Å². The summed E-state index contributed by atoms with van der Waals surface area (Å²) in [6.45, 7) is 4.42. The quantitative estimate of drug-likeness (QED) is 0.660. The molecule has 0 bridgehead atoms. The Morgan fingerprint density at radius 1 is 1.31 bits per heavy atom. The first-order valence-corrected chi connectivity index (χ1v) is 5.45. The lowest BCUT2D eigenvalue weighted by atomic mass is 9.89. The highest BCUT2D eigenvalue weighted by molar-refractivity contribution is 4.89. The molecule has 13 heavy (non-hydrogen) atoms. The molecule has 1 heterocycles. The molecule has 76 valence electrons. The largest absolute Gasteiger partial charge is 0.329 e. The molecule has 2 fully saturated rings. The number of hydrogen-bond acceptors (Lipinski definition) is 3. The van der Waals surface area contributed by atoms with Gasteiger partial charge in [0.2, 0.25) is 0 Å². The van der Waals surface area contributed by atoms with Crippen molar-refractivity contribution in [1.29, 1.82) is 0 Å². The van der Waals surface area contributed by atoms with E-state index in [4.69, 9.17) is 5.73 Å². The Morgan fingerprint density at radius 2 is 2.08 bits per heavy atom. The third-order valence-electron chi connectivity index (χ3n) is 3.55. The van der Waals surface area contributed by atoms with Gasteiger partial charge in [0.25, 0.3) is 0 Å². The zero-order valence-electron chi connectivity index (χ0n) is 8.58. The first-order chi connectivity index (χ1) is 6.31. The average Bonchev–Trinajstić information content (AvgIpc) is 2.05. The molecule has 0 aromatic rings. The maximum atomic E-state index is 5.80. The van der Waals surface area contributed by atoms with Crippen LogP contribution in [0.2, 0.25) is 0 Å². The molecule has 3 nitrogen and oxygen atoms in total. The fourth-order valence-electron chi connectivity index (χ4n) is 2.43. The Labute approximate surface area is 80.9 Å². The normalized spacial score (nSPS) is 33.2. The van der Waals surface area contributed by atoms with Crippen LogP contribution in [0.25, 0.3) is 0 Å². The summed E-state index contributed by atoms with van der Waals surface area (Å²) < 4.78 is 0. The number of rotatable bonds is 2. The predicted molar refractivity (Wildman–Crippen MR) is 54.7 cm³/mol. The number of nitrogens with two attached hydrogens (primary N) is 1. The highest BCUT2D eigenvalue weighted by Gasteiger charge is 2.32. The van der Waals surface area contributed by atoms with Crippen LogP contribution in [0.1, 0.15) is 19.3 Å². The third-order valence-corrected chi connectivity index (χ3v) is 3.55. The molecule has 3 heteroatoms. The van der Waals surface area contributed by atoms with Gasteiger partial charge in [0.15, 0.2) is 0 Å². The second kappa shape index (κ2) is 3.95. The van der Waals surface area contributed by atoms with E-state index in [1.807, 2.05) is 0 Å². The summed E-state index contributed by atoms with van der Waals surface area (Å²) in [7, 11) is 2.20. The topological polar surface area (TPSA) is 32.5 Å². The van der Waals surface area contributed by atoms with Gasteiger partial charge in [0, 0.05) is 38.3 Å². The third kappa shape index (κ3) is 1.87. The molecule has 2 aliphatic rings. The summed E-state index contributed by atoms with van der Waals surface area (Å²) >= 11 is 0. The van der Waals surface area contributed by atoms with E-state index in [9.17, 15) is 0 Å². The molecule has 0 radical (unpaired) electrons. The average molecular weight is 183 g/mol. The molecule has 0 aromatic heterocycles. The molecule has 2 N–H and O–H groups in total. The molecular weight excluding hydrogens is 162 g/mol. The van der Waals surface area contributed by atoms with E-state index >= 15 is 0 Å². The van der Waals surface area contributed by atoms with Gasteiger partial charge in [-0.1, -0.05) is 6.42 Å². The minimum Gasteiger partial charge on any atom is -0.329 e. The highest BCUT2D eigenvalue weighted by atomic mass is 15.3. The lowest BCUT2D eigenvalue weighted by Crippen LogP contribution is -2.59. The summed E-state index contributed by atoms with van der Waals surface area (Å²) in [6, 6.07) is 1.48. The molecule has 0 spiro atoms. The summed E-state index contributed by atoms with van der Waals surface area (Å²) in [5.41, 5.74) is 5.80. The maximum absolute atomic E-state index is 5.80. The highest BCUT2D eigenvalue weighted by Crippen LogP contribution is 2.27. The van der Waals surface area contributed by atoms with Gasteiger partial charge in [-0.3, -0.25) is 4.90 Å². The van der Waals surface area contributed by atoms with E-state index in [0.717, 1.165) is 19.1 Å². The van der Waals surface area contributed by atoms with Crippen LogP contribution < -0.4 is 5.73 Å². The van der Waals surface area contributed by atoms with E-state index in [1.165, 1.54) is 32.4 Å². The van der Waals surface area contributed by atoms with Crippen LogP contribution in [-0.2, 0) is 0 Å².